The smallest absolute Gasteiger partial charge is 0.138 e. The summed E-state index contributed by atoms with van der Waals surface area (Å²) in [5, 5.41) is 6.76. The van der Waals surface area contributed by atoms with Crippen molar-refractivity contribution in [2.75, 3.05) is 18.4 Å². The Morgan fingerprint density at radius 1 is 1.31 bits per heavy atom. The molecule has 0 aliphatic carbocycles. The van der Waals surface area contributed by atoms with E-state index in [2.05, 4.69) is 39.9 Å². The predicted molar refractivity (Wildman–Crippen MR) is 66.8 cm³/mol. The minimum Gasteiger partial charge on any atom is -0.370 e. The number of nitrogens with zero attached hydrogens (tertiary/aromatic N) is 2. The first-order valence-electron chi connectivity index (χ1n) is 5.67. The van der Waals surface area contributed by atoms with E-state index in [1.165, 1.54) is 0 Å². The van der Waals surface area contributed by atoms with Gasteiger partial charge in [0.15, 0.2) is 0 Å². The van der Waals surface area contributed by atoms with Gasteiger partial charge in [-0.25, -0.2) is 4.98 Å². The van der Waals surface area contributed by atoms with Crippen LogP contribution in [0.2, 0.25) is 0 Å². The fourth-order valence-corrected chi connectivity index (χ4v) is 1.64. The largest absolute Gasteiger partial charge is 0.370 e. The van der Waals surface area contributed by atoms with Gasteiger partial charge in [0.1, 0.15) is 11.5 Å². The van der Waals surface area contributed by atoms with E-state index in [9.17, 15) is 0 Å². The predicted octanol–water partition coefficient (Wildman–Crippen LogP) is 1.74. The number of hydrogen-bond acceptors (Lipinski definition) is 3. The van der Waals surface area contributed by atoms with Gasteiger partial charge in [-0.15, -0.1) is 0 Å². The molecule has 0 atom stereocenters. The van der Waals surface area contributed by atoms with Crippen LogP contribution in [0.4, 0.5) is 5.82 Å². The first kappa shape index (κ1) is 11.0. The number of anilines is 1. The molecule has 0 saturated carbocycles. The molecule has 0 fully saturated rings. The van der Waals surface area contributed by atoms with E-state index in [-0.39, 0.29) is 0 Å². The topological polar surface area (TPSA) is 41.4 Å². The van der Waals surface area contributed by atoms with Crippen LogP contribution < -0.4 is 10.6 Å². The van der Waals surface area contributed by atoms with Gasteiger partial charge in [-0.05, 0) is 12.1 Å². The van der Waals surface area contributed by atoms with E-state index in [4.69, 9.17) is 0 Å². The number of nitrogens with one attached hydrogen (secondary N) is 2. The molecular weight excluding hydrogens is 200 g/mol. The Hall–Kier alpha value is -1.55. The maximum Gasteiger partial charge on any atom is 0.138 e. The second kappa shape index (κ2) is 4.99. The number of rotatable bonds is 5. The minimum absolute atomic E-state index is 0.533. The van der Waals surface area contributed by atoms with Crippen LogP contribution in [0, 0.1) is 0 Å². The number of fused-ring (bicyclic) bond motifs is 1. The van der Waals surface area contributed by atoms with Gasteiger partial charge in [0.2, 0.25) is 0 Å². The SMILES string of the molecule is CC(C)NCCNc1cccc2nccn12. The molecular formula is C12H18N4. The zero-order valence-corrected chi connectivity index (χ0v) is 9.77. The van der Waals surface area contributed by atoms with Crippen LogP contribution in [-0.2, 0) is 0 Å². The number of pyridine rings is 1. The average Bonchev–Trinajstić information content (AvgIpc) is 2.72. The van der Waals surface area contributed by atoms with Gasteiger partial charge in [-0.3, -0.25) is 4.40 Å². The monoisotopic (exact) mass is 218 g/mol. The summed E-state index contributed by atoms with van der Waals surface area (Å²) in [6.07, 6.45) is 3.78. The number of hydrogen-bond donors (Lipinski definition) is 2. The highest BCUT2D eigenvalue weighted by atomic mass is 15.1. The van der Waals surface area contributed by atoms with Crippen molar-refractivity contribution < 1.29 is 0 Å². The summed E-state index contributed by atoms with van der Waals surface area (Å²) in [5.74, 6) is 1.08. The molecule has 0 saturated heterocycles. The Morgan fingerprint density at radius 3 is 3.00 bits per heavy atom. The van der Waals surface area contributed by atoms with Crippen molar-refractivity contribution in [3.63, 3.8) is 0 Å². The van der Waals surface area contributed by atoms with E-state index >= 15 is 0 Å². The molecule has 2 aromatic heterocycles. The summed E-state index contributed by atoms with van der Waals surface area (Å²) in [5.41, 5.74) is 0.974. The molecule has 86 valence electrons. The summed E-state index contributed by atoms with van der Waals surface area (Å²) < 4.78 is 2.05. The average molecular weight is 218 g/mol. The molecule has 2 N–H and O–H groups in total. The van der Waals surface area contributed by atoms with Crippen LogP contribution in [0.3, 0.4) is 0 Å². The standard InChI is InChI=1S/C12H18N4/c1-10(2)13-6-7-14-11-4-3-5-12-15-8-9-16(11)12/h3-5,8-10,13-14H,6-7H2,1-2H3. The molecule has 0 unspecified atom stereocenters. The van der Waals surface area contributed by atoms with Crippen LogP contribution in [-0.4, -0.2) is 28.5 Å². The highest BCUT2D eigenvalue weighted by molar-refractivity contribution is 5.49. The molecule has 0 aliphatic heterocycles. The Labute approximate surface area is 95.7 Å². The first-order chi connectivity index (χ1) is 7.77. The van der Waals surface area contributed by atoms with E-state index in [1.807, 2.05) is 24.5 Å². The Balaban J connectivity index is 1.96. The fraction of sp³-hybridized carbons (Fsp3) is 0.417. The van der Waals surface area contributed by atoms with E-state index in [0.717, 1.165) is 24.6 Å². The molecule has 0 aliphatic rings. The van der Waals surface area contributed by atoms with Crippen molar-refractivity contribution >= 4 is 11.5 Å². The lowest BCUT2D eigenvalue weighted by Crippen LogP contribution is -2.28. The maximum atomic E-state index is 4.24. The third-order valence-electron chi connectivity index (χ3n) is 2.41. The van der Waals surface area contributed by atoms with Gasteiger partial charge in [-0.1, -0.05) is 19.9 Å². The fourth-order valence-electron chi connectivity index (χ4n) is 1.64. The quantitative estimate of drug-likeness (QED) is 0.751. The van der Waals surface area contributed by atoms with Crippen molar-refractivity contribution in [1.29, 1.82) is 0 Å². The van der Waals surface area contributed by atoms with E-state index in [1.54, 1.807) is 0 Å². The molecule has 2 aromatic rings. The Kier molecular flexibility index (Phi) is 3.41. The molecule has 0 radical (unpaired) electrons. The van der Waals surface area contributed by atoms with Crippen molar-refractivity contribution in [1.82, 2.24) is 14.7 Å². The zero-order valence-electron chi connectivity index (χ0n) is 9.77. The zero-order chi connectivity index (χ0) is 11.4. The van der Waals surface area contributed by atoms with Gasteiger partial charge in [0.25, 0.3) is 0 Å². The minimum atomic E-state index is 0.533. The summed E-state index contributed by atoms with van der Waals surface area (Å²) >= 11 is 0. The Bertz CT molecular complexity index is 447. The van der Waals surface area contributed by atoms with Crippen molar-refractivity contribution in [3.05, 3.63) is 30.6 Å². The van der Waals surface area contributed by atoms with Crippen molar-refractivity contribution in [2.24, 2.45) is 0 Å². The molecule has 2 heterocycles. The molecule has 4 nitrogen and oxygen atoms in total. The lowest BCUT2D eigenvalue weighted by molar-refractivity contribution is 0.602. The number of imidazole rings is 1. The molecule has 0 aromatic carbocycles. The second-order valence-corrected chi connectivity index (χ2v) is 4.10. The van der Waals surface area contributed by atoms with Crippen LogP contribution in [0.15, 0.2) is 30.6 Å². The van der Waals surface area contributed by atoms with Gasteiger partial charge < -0.3 is 10.6 Å². The van der Waals surface area contributed by atoms with Gasteiger partial charge in [0.05, 0.1) is 0 Å². The summed E-state index contributed by atoms with van der Waals surface area (Å²) in [6.45, 7) is 6.17. The van der Waals surface area contributed by atoms with E-state index < -0.39 is 0 Å². The van der Waals surface area contributed by atoms with Gasteiger partial charge in [-0.2, -0.15) is 0 Å². The van der Waals surface area contributed by atoms with Crippen LogP contribution >= 0.6 is 0 Å². The van der Waals surface area contributed by atoms with Gasteiger partial charge >= 0.3 is 0 Å². The van der Waals surface area contributed by atoms with Crippen LogP contribution in [0.1, 0.15) is 13.8 Å². The second-order valence-electron chi connectivity index (χ2n) is 4.10. The molecule has 0 bridgehead atoms. The summed E-state index contributed by atoms with van der Waals surface area (Å²) in [4.78, 5) is 4.24. The van der Waals surface area contributed by atoms with Crippen LogP contribution in [0.5, 0.6) is 0 Å². The van der Waals surface area contributed by atoms with E-state index in [0.29, 0.717) is 6.04 Å². The lowest BCUT2D eigenvalue weighted by atomic mass is 10.4. The molecule has 4 heteroatoms. The molecule has 0 spiro atoms. The summed E-state index contributed by atoms with van der Waals surface area (Å²) in [7, 11) is 0. The van der Waals surface area contributed by atoms with Crippen molar-refractivity contribution in [3.8, 4) is 0 Å². The summed E-state index contributed by atoms with van der Waals surface area (Å²) in [6, 6.07) is 6.60. The molecule has 0 amide bonds. The van der Waals surface area contributed by atoms with Gasteiger partial charge in [0, 0.05) is 31.5 Å². The molecule has 2 rings (SSSR count). The third-order valence-corrected chi connectivity index (χ3v) is 2.41. The lowest BCUT2D eigenvalue weighted by Gasteiger charge is -2.11. The van der Waals surface area contributed by atoms with Crippen molar-refractivity contribution in [2.45, 2.75) is 19.9 Å². The molecule has 16 heavy (non-hydrogen) atoms. The highest BCUT2D eigenvalue weighted by Gasteiger charge is 1.99. The maximum absolute atomic E-state index is 4.24. The first-order valence-corrected chi connectivity index (χ1v) is 5.67. The Morgan fingerprint density at radius 2 is 2.19 bits per heavy atom. The number of aromatic nitrogens is 2. The third kappa shape index (κ3) is 2.52. The van der Waals surface area contributed by atoms with Crippen LogP contribution in [0.25, 0.3) is 5.65 Å². The highest BCUT2D eigenvalue weighted by Crippen LogP contribution is 2.09. The normalized spacial score (nSPS) is 11.2.